The lowest BCUT2D eigenvalue weighted by atomic mass is 10.0. The molecule has 0 aromatic heterocycles. The Morgan fingerprint density at radius 2 is 2.11 bits per heavy atom. The number of phenols is 1. The van der Waals surface area contributed by atoms with Crippen molar-refractivity contribution in [1.82, 2.24) is 5.32 Å². The molecule has 0 fully saturated rings. The van der Waals surface area contributed by atoms with Crippen molar-refractivity contribution in [3.8, 4) is 5.75 Å². The Morgan fingerprint density at radius 1 is 1.44 bits per heavy atom. The number of rotatable bonds is 5. The molecule has 1 atom stereocenters. The third-order valence-electron chi connectivity index (χ3n) is 2.86. The highest BCUT2D eigenvalue weighted by molar-refractivity contribution is 5.97. The van der Waals surface area contributed by atoms with Gasteiger partial charge in [0.25, 0.3) is 5.91 Å². The van der Waals surface area contributed by atoms with E-state index in [9.17, 15) is 9.90 Å². The zero-order chi connectivity index (χ0) is 13.7. The molecule has 0 saturated carbocycles. The molecule has 18 heavy (non-hydrogen) atoms. The van der Waals surface area contributed by atoms with Crippen molar-refractivity contribution in [2.75, 3.05) is 6.54 Å². The van der Waals surface area contributed by atoms with Gasteiger partial charge in [-0.2, -0.15) is 0 Å². The summed E-state index contributed by atoms with van der Waals surface area (Å²) in [4.78, 5) is 12.0. The van der Waals surface area contributed by atoms with E-state index in [2.05, 4.69) is 19.2 Å². The maximum atomic E-state index is 12.0. The van der Waals surface area contributed by atoms with E-state index < -0.39 is 0 Å². The maximum Gasteiger partial charge on any atom is 0.255 e. The first kappa shape index (κ1) is 14.5. The molecular formula is C14H22N2O2. The summed E-state index contributed by atoms with van der Waals surface area (Å²) in [5, 5.41) is 12.7. The van der Waals surface area contributed by atoms with Crippen molar-refractivity contribution in [3.63, 3.8) is 0 Å². The highest BCUT2D eigenvalue weighted by Gasteiger charge is 2.17. The molecule has 0 heterocycles. The van der Waals surface area contributed by atoms with Gasteiger partial charge in [0.15, 0.2) is 0 Å². The van der Waals surface area contributed by atoms with Crippen LogP contribution in [0.15, 0.2) is 18.2 Å². The number of carbonyl (C=O) groups excluding carboxylic acids is 1. The summed E-state index contributed by atoms with van der Waals surface area (Å²) in [6, 6.07) is 5.07. The summed E-state index contributed by atoms with van der Waals surface area (Å²) < 4.78 is 0. The Hall–Kier alpha value is -1.55. The molecule has 0 bridgehead atoms. The molecule has 1 aromatic carbocycles. The van der Waals surface area contributed by atoms with E-state index in [0.717, 1.165) is 6.42 Å². The van der Waals surface area contributed by atoms with Gasteiger partial charge >= 0.3 is 0 Å². The molecule has 0 aliphatic rings. The summed E-state index contributed by atoms with van der Waals surface area (Å²) in [5.74, 6) is 0.229. The van der Waals surface area contributed by atoms with Crippen LogP contribution in [-0.4, -0.2) is 23.6 Å². The van der Waals surface area contributed by atoms with Gasteiger partial charge in [0, 0.05) is 12.6 Å². The Morgan fingerprint density at radius 3 is 2.67 bits per heavy atom. The number of benzene rings is 1. The van der Waals surface area contributed by atoms with Crippen LogP contribution in [0.25, 0.3) is 0 Å². The molecule has 4 heteroatoms. The molecular weight excluding hydrogens is 228 g/mol. The predicted octanol–water partition coefficient (Wildman–Crippen LogP) is 1.80. The minimum Gasteiger partial charge on any atom is -0.507 e. The van der Waals surface area contributed by atoms with Gasteiger partial charge in [-0.3, -0.25) is 4.79 Å². The number of amides is 1. The van der Waals surface area contributed by atoms with E-state index in [1.165, 1.54) is 0 Å². The van der Waals surface area contributed by atoms with Crippen LogP contribution in [0, 0.1) is 12.8 Å². The second-order valence-corrected chi connectivity index (χ2v) is 5.01. The Balaban J connectivity index is 2.78. The minimum absolute atomic E-state index is 0.0373. The van der Waals surface area contributed by atoms with Crippen LogP contribution in [0.1, 0.15) is 36.2 Å². The Kier molecular flexibility index (Phi) is 5.16. The van der Waals surface area contributed by atoms with Gasteiger partial charge in [0.1, 0.15) is 5.75 Å². The number of nitrogens with two attached hydrogens (primary N) is 1. The van der Waals surface area contributed by atoms with Crippen LogP contribution in [0.3, 0.4) is 0 Å². The molecule has 1 amide bonds. The van der Waals surface area contributed by atoms with Gasteiger partial charge in [-0.05, 0) is 30.9 Å². The van der Waals surface area contributed by atoms with Crippen molar-refractivity contribution in [1.29, 1.82) is 0 Å². The summed E-state index contributed by atoms with van der Waals surface area (Å²) >= 11 is 0. The Labute approximate surface area is 108 Å². The van der Waals surface area contributed by atoms with Crippen molar-refractivity contribution in [2.24, 2.45) is 11.7 Å². The van der Waals surface area contributed by atoms with E-state index in [1.54, 1.807) is 25.1 Å². The monoisotopic (exact) mass is 250 g/mol. The molecule has 0 aliphatic heterocycles. The first-order valence-corrected chi connectivity index (χ1v) is 6.25. The van der Waals surface area contributed by atoms with Gasteiger partial charge in [-0.1, -0.05) is 26.0 Å². The molecule has 4 nitrogen and oxygen atoms in total. The summed E-state index contributed by atoms with van der Waals surface area (Å²) in [7, 11) is 0. The van der Waals surface area contributed by atoms with Crippen LogP contribution in [0.5, 0.6) is 5.75 Å². The van der Waals surface area contributed by atoms with Crippen molar-refractivity contribution < 1.29 is 9.90 Å². The van der Waals surface area contributed by atoms with Crippen LogP contribution in [-0.2, 0) is 0 Å². The van der Waals surface area contributed by atoms with E-state index >= 15 is 0 Å². The van der Waals surface area contributed by atoms with Gasteiger partial charge in [0.05, 0.1) is 5.56 Å². The number of hydrogen-bond acceptors (Lipinski definition) is 3. The number of aryl methyl sites for hydroxylation is 1. The van der Waals surface area contributed by atoms with Crippen LogP contribution in [0.4, 0.5) is 0 Å². The van der Waals surface area contributed by atoms with Gasteiger partial charge < -0.3 is 16.2 Å². The highest BCUT2D eigenvalue weighted by atomic mass is 16.3. The fraction of sp³-hybridized carbons (Fsp3) is 0.500. The summed E-state index contributed by atoms with van der Waals surface area (Å²) in [5.41, 5.74) is 6.63. The molecule has 1 rings (SSSR count). The van der Waals surface area contributed by atoms with Crippen LogP contribution >= 0.6 is 0 Å². The quantitative estimate of drug-likeness (QED) is 0.746. The van der Waals surface area contributed by atoms with Gasteiger partial charge in [-0.15, -0.1) is 0 Å². The topological polar surface area (TPSA) is 75.4 Å². The van der Waals surface area contributed by atoms with Gasteiger partial charge in [-0.25, -0.2) is 0 Å². The fourth-order valence-electron chi connectivity index (χ4n) is 1.89. The highest BCUT2D eigenvalue weighted by Crippen LogP contribution is 2.21. The smallest absolute Gasteiger partial charge is 0.255 e. The average Bonchev–Trinajstić information content (AvgIpc) is 2.31. The summed E-state index contributed by atoms with van der Waals surface area (Å²) in [6.07, 6.45) is 0.828. The lowest BCUT2D eigenvalue weighted by Gasteiger charge is -2.19. The number of nitrogens with one attached hydrogen (secondary N) is 1. The third kappa shape index (κ3) is 3.74. The lowest BCUT2D eigenvalue weighted by Crippen LogP contribution is -2.41. The second-order valence-electron chi connectivity index (χ2n) is 5.01. The number of phenolic OH excluding ortho intramolecular Hbond substituents is 1. The second kappa shape index (κ2) is 6.40. The molecule has 0 saturated heterocycles. The van der Waals surface area contributed by atoms with E-state index in [1.807, 2.05) is 0 Å². The number of aromatic hydroxyl groups is 1. The first-order chi connectivity index (χ1) is 8.45. The lowest BCUT2D eigenvalue weighted by molar-refractivity contribution is 0.0931. The number of hydrogen-bond donors (Lipinski definition) is 3. The van der Waals surface area contributed by atoms with E-state index in [-0.39, 0.29) is 17.7 Å². The normalized spacial score (nSPS) is 12.5. The zero-order valence-corrected chi connectivity index (χ0v) is 11.2. The van der Waals surface area contributed by atoms with Crippen LogP contribution in [0.2, 0.25) is 0 Å². The predicted molar refractivity (Wildman–Crippen MR) is 72.6 cm³/mol. The van der Waals surface area contributed by atoms with Crippen LogP contribution < -0.4 is 11.1 Å². The van der Waals surface area contributed by atoms with Crippen molar-refractivity contribution in [3.05, 3.63) is 29.3 Å². The molecule has 1 unspecified atom stereocenters. The number of carbonyl (C=O) groups is 1. The van der Waals surface area contributed by atoms with Crippen molar-refractivity contribution >= 4 is 5.91 Å². The molecule has 0 radical (unpaired) electrons. The van der Waals surface area contributed by atoms with Gasteiger partial charge in [0.2, 0.25) is 0 Å². The molecule has 0 spiro atoms. The van der Waals surface area contributed by atoms with Crippen molar-refractivity contribution in [2.45, 2.75) is 33.2 Å². The zero-order valence-electron chi connectivity index (χ0n) is 11.2. The minimum atomic E-state index is -0.271. The third-order valence-corrected chi connectivity index (χ3v) is 2.86. The molecule has 4 N–H and O–H groups in total. The average molecular weight is 250 g/mol. The molecule has 1 aromatic rings. The largest absolute Gasteiger partial charge is 0.507 e. The molecule has 0 aliphatic carbocycles. The standard InChI is InChI=1S/C14H22N2O2/c1-9(2)7-11(8-15)16-14(18)12-6-4-5-10(3)13(12)17/h4-6,9,11,17H,7-8,15H2,1-3H3,(H,16,18). The SMILES string of the molecule is Cc1cccc(C(=O)NC(CN)CC(C)C)c1O. The number of para-hydroxylation sites is 1. The maximum absolute atomic E-state index is 12.0. The summed E-state index contributed by atoms with van der Waals surface area (Å²) in [6.45, 7) is 6.33. The van der Waals surface area contributed by atoms with E-state index in [0.29, 0.717) is 23.6 Å². The van der Waals surface area contributed by atoms with E-state index in [4.69, 9.17) is 5.73 Å². The Bertz CT molecular complexity index is 416. The first-order valence-electron chi connectivity index (χ1n) is 6.25. The fourth-order valence-corrected chi connectivity index (χ4v) is 1.89. The molecule has 100 valence electrons.